The van der Waals surface area contributed by atoms with Crippen molar-refractivity contribution in [2.45, 2.75) is 26.1 Å². The summed E-state index contributed by atoms with van der Waals surface area (Å²) < 4.78 is 25.6. The summed E-state index contributed by atoms with van der Waals surface area (Å²) in [5.41, 5.74) is 1.86. The maximum Gasteiger partial charge on any atom is 0.154 e. The van der Waals surface area contributed by atoms with E-state index in [4.69, 9.17) is 11.6 Å². The average Bonchev–Trinajstić information content (AvgIpc) is 2.66. The topological polar surface area (TPSA) is 39.1 Å². The minimum atomic E-state index is -3.03. The first-order valence-electron chi connectivity index (χ1n) is 5.94. The van der Waals surface area contributed by atoms with Gasteiger partial charge in [0.1, 0.15) is 0 Å². The van der Waals surface area contributed by atoms with Crippen molar-refractivity contribution in [1.29, 1.82) is 0 Å². The zero-order chi connectivity index (χ0) is 13.3. The van der Waals surface area contributed by atoms with Crippen LogP contribution in [0.3, 0.4) is 0 Å². The summed E-state index contributed by atoms with van der Waals surface area (Å²) in [6, 6.07) is 5.60. The van der Waals surface area contributed by atoms with Gasteiger partial charge in [0.05, 0.1) is 5.75 Å². The van der Waals surface area contributed by atoms with Crippen molar-refractivity contribution >= 4 is 32.3 Å². The second kappa shape index (κ2) is 4.94. The van der Waals surface area contributed by atoms with Crippen LogP contribution in [-0.2, 0) is 22.1 Å². The maximum atomic E-state index is 11.8. The first-order valence-corrected chi connectivity index (χ1v) is 8.14. The molecule has 98 valence electrons. The summed E-state index contributed by atoms with van der Waals surface area (Å²) in [6.07, 6.45) is 1.91. The SMILES string of the molecule is CCn1cc(CS(=O)(=O)CC)c2cc(Cl)ccc21. The zero-order valence-corrected chi connectivity index (χ0v) is 12.1. The molecular formula is C13H16ClNO2S. The molecule has 0 saturated heterocycles. The number of rotatable bonds is 4. The van der Waals surface area contributed by atoms with Gasteiger partial charge in [-0.15, -0.1) is 0 Å². The van der Waals surface area contributed by atoms with Gasteiger partial charge in [-0.05, 0) is 30.7 Å². The van der Waals surface area contributed by atoms with Crippen LogP contribution < -0.4 is 0 Å². The van der Waals surface area contributed by atoms with Crippen LogP contribution in [0.5, 0.6) is 0 Å². The number of aromatic nitrogens is 1. The molecule has 0 unspecified atom stereocenters. The molecule has 1 aromatic heterocycles. The molecular weight excluding hydrogens is 270 g/mol. The third-order valence-corrected chi connectivity index (χ3v) is 4.95. The van der Waals surface area contributed by atoms with Gasteiger partial charge in [-0.3, -0.25) is 0 Å². The fourth-order valence-electron chi connectivity index (χ4n) is 2.06. The maximum absolute atomic E-state index is 11.8. The van der Waals surface area contributed by atoms with Crippen LogP contribution in [0.2, 0.25) is 5.02 Å². The highest BCUT2D eigenvalue weighted by atomic mass is 35.5. The first-order chi connectivity index (χ1) is 8.46. The molecule has 5 heteroatoms. The van der Waals surface area contributed by atoms with Gasteiger partial charge >= 0.3 is 0 Å². The van der Waals surface area contributed by atoms with Crippen molar-refractivity contribution < 1.29 is 8.42 Å². The highest BCUT2D eigenvalue weighted by Crippen LogP contribution is 2.26. The van der Waals surface area contributed by atoms with Gasteiger partial charge < -0.3 is 4.57 Å². The first kappa shape index (κ1) is 13.4. The smallest absolute Gasteiger partial charge is 0.154 e. The Morgan fingerprint density at radius 3 is 2.61 bits per heavy atom. The van der Waals surface area contributed by atoms with E-state index in [1.165, 1.54) is 0 Å². The third kappa shape index (κ3) is 2.54. The highest BCUT2D eigenvalue weighted by molar-refractivity contribution is 7.90. The second-order valence-electron chi connectivity index (χ2n) is 4.28. The Kier molecular flexibility index (Phi) is 3.69. The predicted octanol–water partition coefficient (Wildman–Crippen LogP) is 3.25. The molecule has 1 heterocycles. The molecule has 2 aromatic rings. The van der Waals surface area contributed by atoms with E-state index < -0.39 is 9.84 Å². The molecule has 0 bridgehead atoms. The molecule has 0 saturated carbocycles. The van der Waals surface area contributed by atoms with Crippen LogP contribution in [0.15, 0.2) is 24.4 Å². The number of fused-ring (bicyclic) bond motifs is 1. The molecule has 0 atom stereocenters. The zero-order valence-electron chi connectivity index (χ0n) is 10.5. The predicted molar refractivity (Wildman–Crippen MR) is 75.8 cm³/mol. The molecule has 0 amide bonds. The molecule has 2 rings (SSSR count). The largest absolute Gasteiger partial charge is 0.347 e. The van der Waals surface area contributed by atoms with E-state index in [0.29, 0.717) is 5.02 Å². The monoisotopic (exact) mass is 285 g/mol. The molecule has 3 nitrogen and oxygen atoms in total. The fraction of sp³-hybridized carbons (Fsp3) is 0.385. The van der Waals surface area contributed by atoms with E-state index in [2.05, 4.69) is 0 Å². The Bertz CT molecular complexity index is 674. The Morgan fingerprint density at radius 1 is 1.28 bits per heavy atom. The lowest BCUT2D eigenvalue weighted by Gasteiger charge is -2.00. The minimum Gasteiger partial charge on any atom is -0.347 e. The van der Waals surface area contributed by atoms with Crippen LogP contribution in [-0.4, -0.2) is 18.7 Å². The van der Waals surface area contributed by atoms with Crippen LogP contribution in [0, 0.1) is 0 Å². The van der Waals surface area contributed by atoms with Crippen molar-refractivity contribution in [3.05, 3.63) is 35.0 Å². The molecule has 0 aliphatic carbocycles. The minimum absolute atomic E-state index is 0.0767. The van der Waals surface area contributed by atoms with E-state index in [-0.39, 0.29) is 11.5 Å². The molecule has 0 N–H and O–H groups in total. The summed E-state index contributed by atoms with van der Waals surface area (Å²) in [7, 11) is -3.03. The molecule has 0 aliphatic rings. The molecule has 18 heavy (non-hydrogen) atoms. The number of aryl methyl sites for hydroxylation is 1. The van der Waals surface area contributed by atoms with Crippen LogP contribution in [0.25, 0.3) is 10.9 Å². The Hall–Kier alpha value is -1.00. The van der Waals surface area contributed by atoms with Gasteiger partial charge in [-0.1, -0.05) is 18.5 Å². The van der Waals surface area contributed by atoms with Crippen LogP contribution >= 0.6 is 11.6 Å². The summed E-state index contributed by atoms with van der Waals surface area (Å²) in [4.78, 5) is 0. The lowest BCUT2D eigenvalue weighted by molar-refractivity contribution is 0.596. The number of benzene rings is 1. The quantitative estimate of drug-likeness (QED) is 0.865. The van der Waals surface area contributed by atoms with Gasteiger partial charge in [0.15, 0.2) is 9.84 Å². The van der Waals surface area contributed by atoms with Crippen LogP contribution in [0.4, 0.5) is 0 Å². The highest BCUT2D eigenvalue weighted by Gasteiger charge is 2.15. The summed E-state index contributed by atoms with van der Waals surface area (Å²) in [5, 5.41) is 1.56. The van der Waals surface area contributed by atoms with Gasteiger partial charge in [0.25, 0.3) is 0 Å². The van der Waals surface area contributed by atoms with Crippen molar-refractivity contribution in [2.75, 3.05) is 5.75 Å². The van der Waals surface area contributed by atoms with Crippen molar-refractivity contribution in [3.8, 4) is 0 Å². The Labute approximate surface area is 112 Å². The fourth-order valence-corrected chi connectivity index (χ4v) is 3.14. The van der Waals surface area contributed by atoms with E-state index >= 15 is 0 Å². The third-order valence-electron chi connectivity index (χ3n) is 3.08. The van der Waals surface area contributed by atoms with E-state index in [0.717, 1.165) is 23.0 Å². The number of nitrogens with zero attached hydrogens (tertiary/aromatic N) is 1. The summed E-state index contributed by atoms with van der Waals surface area (Å²) in [5.74, 6) is 0.236. The normalized spacial score (nSPS) is 12.2. The molecule has 0 spiro atoms. The molecule has 0 fully saturated rings. The number of hydrogen-bond donors (Lipinski definition) is 0. The lowest BCUT2D eigenvalue weighted by atomic mass is 10.2. The van der Waals surface area contributed by atoms with E-state index in [1.807, 2.05) is 35.9 Å². The van der Waals surface area contributed by atoms with Crippen molar-refractivity contribution in [2.24, 2.45) is 0 Å². The average molecular weight is 286 g/mol. The van der Waals surface area contributed by atoms with Gasteiger partial charge in [0.2, 0.25) is 0 Å². The molecule has 0 radical (unpaired) electrons. The molecule has 0 aliphatic heterocycles. The molecule has 1 aromatic carbocycles. The van der Waals surface area contributed by atoms with E-state index in [9.17, 15) is 8.42 Å². The summed E-state index contributed by atoms with van der Waals surface area (Å²) in [6.45, 7) is 4.51. The van der Waals surface area contributed by atoms with Gasteiger partial charge in [0, 0.05) is 34.4 Å². The summed E-state index contributed by atoms with van der Waals surface area (Å²) >= 11 is 5.99. The Morgan fingerprint density at radius 2 is 2.00 bits per heavy atom. The van der Waals surface area contributed by atoms with Crippen molar-refractivity contribution in [3.63, 3.8) is 0 Å². The van der Waals surface area contributed by atoms with Gasteiger partial charge in [-0.25, -0.2) is 8.42 Å². The van der Waals surface area contributed by atoms with E-state index in [1.54, 1.807) is 6.92 Å². The second-order valence-corrected chi connectivity index (χ2v) is 7.07. The van der Waals surface area contributed by atoms with Gasteiger partial charge in [-0.2, -0.15) is 0 Å². The number of sulfone groups is 1. The Balaban J connectivity index is 2.60. The standard InChI is InChI=1S/C13H16ClNO2S/c1-3-15-8-10(9-18(16,17)4-2)12-7-11(14)5-6-13(12)15/h5-8H,3-4,9H2,1-2H3. The number of halogens is 1. The van der Waals surface area contributed by atoms with Crippen molar-refractivity contribution in [1.82, 2.24) is 4.57 Å². The lowest BCUT2D eigenvalue weighted by Crippen LogP contribution is -2.06. The van der Waals surface area contributed by atoms with Crippen LogP contribution in [0.1, 0.15) is 19.4 Å². The number of hydrogen-bond acceptors (Lipinski definition) is 2.